The molecule has 1 rings (SSSR count). The molecule has 0 aliphatic rings. The number of aryl methyl sites for hydroxylation is 1. The van der Waals surface area contributed by atoms with Gasteiger partial charge in [0.05, 0.1) is 0 Å². The van der Waals surface area contributed by atoms with Crippen LogP contribution < -0.4 is 0 Å². The highest BCUT2D eigenvalue weighted by atomic mass is 32.1. The van der Waals surface area contributed by atoms with Gasteiger partial charge in [-0.05, 0) is 24.5 Å². The van der Waals surface area contributed by atoms with Crippen molar-refractivity contribution in [2.24, 2.45) is 0 Å². The van der Waals surface area contributed by atoms with Crippen LogP contribution in [0.1, 0.15) is 22.3 Å². The fourth-order valence-corrected chi connectivity index (χ4v) is 1.12. The van der Waals surface area contributed by atoms with E-state index in [4.69, 9.17) is 0 Å². The van der Waals surface area contributed by atoms with E-state index in [0.29, 0.717) is 5.69 Å². The summed E-state index contributed by atoms with van der Waals surface area (Å²) in [7, 11) is 0. The molecule has 0 unspecified atom stereocenters. The van der Waals surface area contributed by atoms with Crippen LogP contribution in [-0.4, -0.2) is 10.2 Å². The van der Waals surface area contributed by atoms with Crippen LogP contribution in [0.5, 0.6) is 0 Å². The first-order valence-corrected chi connectivity index (χ1v) is 3.42. The second-order valence-electron chi connectivity index (χ2n) is 1.88. The summed E-state index contributed by atoms with van der Waals surface area (Å²) in [6, 6.07) is 1.80. The van der Waals surface area contributed by atoms with Crippen molar-refractivity contribution in [3.63, 3.8) is 0 Å². The highest BCUT2D eigenvalue weighted by molar-refractivity contribution is 7.05. The van der Waals surface area contributed by atoms with Gasteiger partial charge in [0.2, 0.25) is 0 Å². The average Bonchev–Trinajstić information content (AvgIpc) is 2.14. The third kappa shape index (κ3) is 1.36. The van der Waals surface area contributed by atoms with Crippen molar-refractivity contribution in [2.45, 2.75) is 13.8 Å². The zero-order valence-electron chi connectivity index (χ0n) is 5.34. The number of hydrogen-bond donors (Lipinski definition) is 0. The molecule has 0 saturated carbocycles. The molecule has 0 spiro atoms. The summed E-state index contributed by atoms with van der Waals surface area (Å²) in [5.41, 5.74) is 0.581. The number of Topliss-reactive ketones (excluding diaryl/α,β-unsaturated/α-hetero) is 1. The van der Waals surface area contributed by atoms with Crippen LogP contribution in [0.4, 0.5) is 0 Å². The molecule has 0 atom stereocenters. The van der Waals surface area contributed by atoms with Gasteiger partial charge in [0.25, 0.3) is 0 Å². The lowest BCUT2D eigenvalue weighted by molar-refractivity contribution is 0.101. The molecule has 48 valence electrons. The Morgan fingerprint density at radius 2 is 2.44 bits per heavy atom. The van der Waals surface area contributed by atoms with Gasteiger partial charge in [0, 0.05) is 11.8 Å². The van der Waals surface area contributed by atoms with Gasteiger partial charge in [0.15, 0.2) is 5.78 Å². The fraction of sp³-hybridized carbons (Fsp3) is 0.333. The zero-order chi connectivity index (χ0) is 6.85. The van der Waals surface area contributed by atoms with Crippen LogP contribution in [0, 0.1) is 6.92 Å². The second kappa shape index (κ2) is 2.27. The third-order valence-corrected chi connectivity index (χ3v) is 1.68. The van der Waals surface area contributed by atoms with E-state index in [1.165, 1.54) is 18.5 Å². The molecule has 0 N–H and O–H groups in total. The number of aromatic nitrogens is 1. The van der Waals surface area contributed by atoms with Gasteiger partial charge in [-0.25, -0.2) is 0 Å². The lowest BCUT2D eigenvalue weighted by Crippen LogP contribution is -1.89. The van der Waals surface area contributed by atoms with Crippen LogP contribution in [0.3, 0.4) is 0 Å². The minimum Gasteiger partial charge on any atom is -0.293 e. The summed E-state index contributed by atoms with van der Waals surface area (Å²) < 4.78 is 3.91. The molecule has 0 aromatic carbocycles. The van der Waals surface area contributed by atoms with E-state index in [0.717, 1.165) is 4.88 Å². The number of carbonyl (C=O) groups is 1. The van der Waals surface area contributed by atoms with Crippen molar-refractivity contribution >= 4 is 17.3 Å². The maximum atomic E-state index is 10.6. The van der Waals surface area contributed by atoms with Gasteiger partial charge < -0.3 is 0 Å². The monoisotopic (exact) mass is 141 g/mol. The number of ketones is 1. The van der Waals surface area contributed by atoms with Crippen LogP contribution >= 0.6 is 11.5 Å². The Morgan fingerprint density at radius 3 is 2.67 bits per heavy atom. The summed E-state index contributed by atoms with van der Waals surface area (Å²) >= 11 is 1.36. The number of nitrogens with zero attached hydrogens (tertiary/aromatic N) is 1. The number of hydrogen-bond acceptors (Lipinski definition) is 3. The lowest BCUT2D eigenvalue weighted by Gasteiger charge is -1.78. The fourth-order valence-electron chi connectivity index (χ4n) is 0.532. The van der Waals surface area contributed by atoms with E-state index < -0.39 is 0 Å². The molecule has 1 aromatic rings. The molecule has 0 aliphatic carbocycles. The smallest absolute Gasteiger partial charge is 0.179 e. The predicted octanol–water partition coefficient (Wildman–Crippen LogP) is 1.65. The van der Waals surface area contributed by atoms with Gasteiger partial charge in [-0.1, -0.05) is 0 Å². The normalized spacial score (nSPS) is 9.56. The SMILES string of the molecule is CC(=O)c1cc(C)sn1. The molecular formula is C6H7NOS. The van der Waals surface area contributed by atoms with E-state index in [-0.39, 0.29) is 5.78 Å². The van der Waals surface area contributed by atoms with Gasteiger partial charge in [-0.3, -0.25) is 4.79 Å². The third-order valence-electron chi connectivity index (χ3n) is 0.989. The van der Waals surface area contributed by atoms with Crippen molar-refractivity contribution in [2.75, 3.05) is 0 Å². The minimum atomic E-state index is 0.0411. The van der Waals surface area contributed by atoms with E-state index in [1.807, 2.05) is 6.92 Å². The van der Waals surface area contributed by atoms with E-state index in [9.17, 15) is 4.79 Å². The van der Waals surface area contributed by atoms with E-state index in [1.54, 1.807) is 6.07 Å². The lowest BCUT2D eigenvalue weighted by atomic mass is 10.3. The predicted molar refractivity (Wildman–Crippen MR) is 36.9 cm³/mol. The van der Waals surface area contributed by atoms with E-state index >= 15 is 0 Å². The maximum absolute atomic E-state index is 10.6. The van der Waals surface area contributed by atoms with Crippen molar-refractivity contribution in [3.05, 3.63) is 16.6 Å². The first-order chi connectivity index (χ1) is 4.20. The first kappa shape index (κ1) is 6.42. The summed E-state index contributed by atoms with van der Waals surface area (Å²) in [6.45, 7) is 3.46. The quantitative estimate of drug-likeness (QED) is 0.557. The zero-order valence-corrected chi connectivity index (χ0v) is 6.16. The average molecular weight is 141 g/mol. The van der Waals surface area contributed by atoms with Crippen LogP contribution in [0.25, 0.3) is 0 Å². The Labute approximate surface area is 57.7 Å². The molecule has 0 amide bonds. The Bertz CT molecular complexity index is 229. The second-order valence-corrected chi connectivity index (χ2v) is 2.89. The molecule has 0 fully saturated rings. The summed E-state index contributed by atoms with van der Waals surface area (Å²) in [4.78, 5) is 11.7. The van der Waals surface area contributed by atoms with Crippen LogP contribution in [0.15, 0.2) is 6.07 Å². The summed E-state index contributed by atoms with van der Waals surface area (Å²) in [5, 5.41) is 0. The Morgan fingerprint density at radius 1 is 1.78 bits per heavy atom. The molecule has 3 heteroatoms. The minimum absolute atomic E-state index is 0.0411. The highest BCUT2D eigenvalue weighted by Gasteiger charge is 2.01. The van der Waals surface area contributed by atoms with Crippen molar-refractivity contribution < 1.29 is 4.79 Å². The topological polar surface area (TPSA) is 30.0 Å². The molecule has 1 aromatic heterocycles. The molecule has 2 nitrogen and oxygen atoms in total. The molecule has 0 radical (unpaired) electrons. The summed E-state index contributed by atoms with van der Waals surface area (Å²) in [5.74, 6) is 0.0411. The largest absolute Gasteiger partial charge is 0.293 e. The Balaban J connectivity index is 2.98. The van der Waals surface area contributed by atoms with Gasteiger partial charge >= 0.3 is 0 Å². The van der Waals surface area contributed by atoms with Crippen molar-refractivity contribution in [1.82, 2.24) is 4.37 Å². The Hall–Kier alpha value is -0.700. The molecular weight excluding hydrogens is 134 g/mol. The maximum Gasteiger partial charge on any atom is 0.179 e. The standard InChI is InChI=1S/C6H7NOS/c1-4-3-6(5(2)8)7-9-4/h3H,1-2H3. The first-order valence-electron chi connectivity index (χ1n) is 2.64. The molecule has 9 heavy (non-hydrogen) atoms. The molecule has 1 heterocycles. The van der Waals surface area contributed by atoms with E-state index in [2.05, 4.69) is 4.37 Å². The van der Waals surface area contributed by atoms with Crippen molar-refractivity contribution in [1.29, 1.82) is 0 Å². The Kier molecular flexibility index (Phi) is 1.62. The van der Waals surface area contributed by atoms with Gasteiger partial charge in [-0.15, -0.1) is 0 Å². The number of carbonyl (C=O) groups excluding carboxylic acids is 1. The molecule has 0 bridgehead atoms. The van der Waals surface area contributed by atoms with Crippen molar-refractivity contribution in [3.8, 4) is 0 Å². The summed E-state index contributed by atoms with van der Waals surface area (Å²) in [6.07, 6.45) is 0. The molecule has 0 aliphatic heterocycles. The molecule has 0 saturated heterocycles. The van der Waals surface area contributed by atoms with Crippen LogP contribution in [0.2, 0.25) is 0 Å². The van der Waals surface area contributed by atoms with Gasteiger partial charge in [0.1, 0.15) is 5.69 Å². The number of rotatable bonds is 1. The highest BCUT2D eigenvalue weighted by Crippen LogP contribution is 2.07. The van der Waals surface area contributed by atoms with Crippen LogP contribution in [-0.2, 0) is 0 Å². The van der Waals surface area contributed by atoms with Gasteiger partial charge in [-0.2, -0.15) is 4.37 Å².